The van der Waals surface area contributed by atoms with E-state index in [1.807, 2.05) is 12.2 Å². The molecule has 0 radical (unpaired) electrons. The minimum absolute atomic E-state index is 0.0100. The van der Waals surface area contributed by atoms with Crippen LogP contribution in [0.3, 0.4) is 0 Å². The summed E-state index contributed by atoms with van der Waals surface area (Å²) in [6.45, 7) is 11.1. The molecule has 400 valence electrons. The Hall–Kier alpha value is -3.17. The molecule has 73 heavy (non-hydrogen) atoms. The molecule has 0 spiro atoms. The second-order valence-corrected chi connectivity index (χ2v) is 26.2. The van der Waals surface area contributed by atoms with Crippen molar-refractivity contribution in [1.82, 2.24) is 0 Å². The van der Waals surface area contributed by atoms with E-state index in [9.17, 15) is 39.3 Å². The normalized spacial score (nSPS) is 47.6. The predicted molar refractivity (Wildman–Crippen MR) is 268 cm³/mol. The van der Waals surface area contributed by atoms with Crippen molar-refractivity contribution in [2.75, 3.05) is 13.2 Å². The van der Waals surface area contributed by atoms with Crippen molar-refractivity contribution in [3.63, 3.8) is 0 Å². The van der Waals surface area contributed by atoms with Gasteiger partial charge in [0.2, 0.25) is 5.78 Å². The first kappa shape index (κ1) is 51.9. The Kier molecular flexibility index (Phi) is 13.4. The molecule has 12 rings (SSSR count). The van der Waals surface area contributed by atoms with Crippen LogP contribution in [0.25, 0.3) is 0 Å². The predicted octanol–water partition coefficient (Wildman–Crippen LogP) is 8.20. The molecular weight excluding hydrogens is 929 g/mol. The zero-order valence-electron chi connectivity index (χ0n) is 44.2. The van der Waals surface area contributed by atoms with E-state index >= 15 is 0 Å². The number of aliphatic hydroxyl groups is 3. The summed E-state index contributed by atoms with van der Waals surface area (Å²) in [6.07, 6.45) is 24.7. The third kappa shape index (κ3) is 7.70. The summed E-state index contributed by atoms with van der Waals surface area (Å²) in [6, 6.07) is 0. The SMILES string of the molecule is CC(C)C(=O)OCC(=O)[C@@]12O[C@H](C3CCCCC3)OC1CC1C3CCC4=CC(=O)C=C[C@]4(C)C3[C@@H](O)C[C@@]12C.C[C@]12C=CC(=O)C=C1CCC1C2[C@@H](O)C[C@@]2(C)C1CC1O[C@@H](C3CCCCC3)O[C@]12C(=O)CO. The van der Waals surface area contributed by atoms with E-state index in [0.29, 0.717) is 19.3 Å². The second-order valence-electron chi connectivity index (χ2n) is 26.2. The van der Waals surface area contributed by atoms with Crippen LogP contribution in [0, 0.1) is 74.9 Å². The molecule has 12 aliphatic rings. The van der Waals surface area contributed by atoms with Gasteiger partial charge in [-0.2, -0.15) is 0 Å². The smallest absolute Gasteiger partial charge is 0.308 e. The van der Waals surface area contributed by atoms with Crippen molar-refractivity contribution in [3.8, 4) is 0 Å². The van der Waals surface area contributed by atoms with Gasteiger partial charge in [-0.25, -0.2) is 0 Å². The van der Waals surface area contributed by atoms with Crippen LogP contribution in [-0.4, -0.2) is 106 Å². The van der Waals surface area contributed by atoms with Gasteiger partial charge in [-0.3, -0.25) is 24.0 Å². The quantitative estimate of drug-likeness (QED) is 0.197. The zero-order valence-corrected chi connectivity index (χ0v) is 44.2. The Balaban J connectivity index is 0.000000159. The maximum Gasteiger partial charge on any atom is 0.308 e. The molecule has 0 aromatic heterocycles. The fraction of sp³-hybridized carbons (Fsp3) is 0.783. The Bertz CT molecular complexity index is 2370. The Morgan fingerprint density at radius 3 is 1.48 bits per heavy atom. The summed E-state index contributed by atoms with van der Waals surface area (Å²) in [4.78, 5) is 64.3. The topological polar surface area (TPSA) is 192 Å². The van der Waals surface area contributed by atoms with Gasteiger partial charge in [-0.05, 0) is 125 Å². The molecule has 3 N–H and O–H groups in total. The van der Waals surface area contributed by atoms with Gasteiger partial charge in [-0.1, -0.05) is 103 Å². The summed E-state index contributed by atoms with van der Waals surface area (Å²) in [5.74, 6) is -0.110. The molecule has 0 aromatic carbocycles. The largest absolute Gasteiger partial charge is 0.457 e. The van der Waals surface area contributed by atoms with Crippen molar-refractivity contribution < 1.29 is 63.0 Å². The number of esters is 1. The summed E-state index contributed by atoms with van der Waals surface area (Å²) >= 11 is 0. The maximum atomic E-state index is 14.2. The molecular formula is C60H82O13. The summed E-state index contributed by atoms with van der Waals surface area (Å²) < 4.78 is 32.3. The van der Waals surface area contributed by atoms with Gasteiger partial charge in [0.15, 0.2) is 47.7 Å². The molecule has 10 fully saturated rings. The second kappa shape index (κ2) is 18.8. The Morgan fingerprint density at radius 2 is 1.07 bits per heavy atom. The van der Waals surface area contributed by atoms with E-state index in [4.69, 9.17) is 23.7 Å². The molecule has 13 heteroatoms. The summed E-state index contributed by atoms with van der Waals surface area (Å²) in [5.41, 5.74) is -2.22. The van der Waals surface area contributed by atoms with Crippen LogP contribution < -0.4 is 0 Å². The molecule has 8 saturated carbocycles. The van der Waals surface area contributed by atoms with Crippen LogP contribution in [0.2, 0.25) is 0 Å². The minimum atomic E-state index is -1.25. The van der Waals surface area contributed by atoms with Crippen LogP contribution in [0.1, 0.15) is 157 Å². The highest BCUT2D eigenvalue weighted by Crippen LogP contribution is 2.72. The van der Waals surface area contributed by atoms with Crippen LogP contribution in [-0.2, 0) is 47.7 Å². The average molecular weight is 1010 g/mol. The number of rotatable bonds is 8. The minimum Gasteiger partial charge on any atom is -0.457 e. The Labute approximate surface area is 431 Å². The van der Waals surface area contributed by atoms with Gasteiger partial charge in [0.25, 0.3) is 0 Å². The van der Waals surface area contributed by atoms with Gasteiger partial charge >= 0.3 is 5.97 Å². The molecule has 10 aliphatic carbocycles. The lowest BCUT2D eigenvalue weighted by atomic mass is 9.46. The number of hydrogen-bond acceptors (Lipinski definition) is 13. The monoisotopic (exact) mass is 1010 g/mol. The Morgan fingerprint density at radius 1 is 0.644 bits per heavy atom. The highest BCUT2D eigenvalue weighted by atomic mass is 16.8. The number of hydrogen-bond donors (Lipinski definition) is 3. The van der Waals surface area contributed by atoms with Gasteiger partial charge in [0.1, 0.15) is 6.61 Å². The highest BCUT2D eigenvalue weighted by molar-refractivity contribution is 6.02. The molecule has 0 bridgehead atoms. The molecule has 18 atom stereocenters. The molecule has 8 unspecified atom stereocenters. The van der Waals surface area contributed by atoms with Gasteiger partial charge < -0.3 is 39.0 Å². The lowest BCUT2D eigenvalue weighted by Crippen LogP contribution is -2.63. The lowest BCUT2D eigenvalue weighted by molar-refractivity contribution is -0.210. The van der Waals surface area contributed by atoms with E-state index in [1.54, 1.807) is 38.2 Å². The fourth-order valence-electron chi connectivity index (χ4n) is 19.0. The number of ketones is 4. The first-order valence-electron chi connectivity index (χ1n) is 28.5. The molecule has 13 nitrogen and oxygen atoms in total. The van der Waals surface area contributed by atoms with E-state index in [2.05, 4.69) is 27.7 Å². The first-order chi connectivity index (χ1) is 34.8. The molecule has 0 amide bonds. The number of ether oxygens (including phenoxy) is 5. The van der Waals surface area contributed by atoms with Crippen molar-refractivity contribution in [2.24, 2.45) is 74.9 Å². The van der Waals surface area contributed by atoms with E-state index in [-0.39, 0.29) is 99.9 Å². The van der Waals surface area contributed by atoms with Crippen LogP contribution in [0.15, 0.2) is 47.6 Å². The lowest BCUT2D eigenvalue weighted by Gasteiger charge is -2.59. The first-order valence-corrected chi connectivity index (χ1v) is 28.5. The highest BCUT2D eigenvalue weighted by Gasteiger charge is 2.78. The molecule has 2 heterocycles. The van der Waals surface area contributed by atoms with E-state index < -0.39 is 65.5 Å². The third-order valence-corrected chi connectivity index (χ3v) is 22.4. The summed E-state index contributed by atoms with van der Waals surface area (Å²) in [7, 11) is 0. The molecule has 0 aromatic rings. The number of aliphatic hydroxyl groups excluding tert-OH is 3. The third-order valence-electron chi connectivity index (χ3n) is 22.4. The number of allylic oxidation sites excluding steroid dienone is 8. The zero-order chi connectivity index (χ0) is 51.6. The standard InChI is InChI=1S/C32H44O7.C28H38O6/c1-18(2)28(36)37-17-25(35)32-26(38-29(39-32)19-8-6-5-7-9-19)15-23-22-11-10-20-14-21(33)12-13-30(20,3)27(22)24(34)16-31(23,32)4;1-26-11-10-18(30)12-17(26)8-9-19-20-13-23-28(22(32)15-29,27(20,2)14-21(31)24(19)26)34-25(33-23)16-6-4-3-5-7-16/h12-14,18-19,22-24,26-27,29,34H,5-11,15-17H2,1-4H3;10-12,16,19-21,23-25,29,31H,3-9,13-15H2,1-2H3/t22?,23?,24-,26?,27?,29+,30-,31-,32+;19?,20?,21-,23?,24?,25+,26-,27-,28+/m00/s1. The molecule has 2 aliphatic heterocycles. The number of carbonyl (C=O) groups excluding carboxylic acids is 5. The van der Waals surface area contributed by atoms with Crippen molar-refractivity contribution in [1.29, 1.82) is 0 Å². The van der Waals surface area contributed by atoms with Gasteiger partial charge in [-0.15, -0.1) is 0 Å². The van der Waals surface area contributed by atoms with Gasteiger partial charge in [0, 0.05) is 45.3 Å². The maximum absolute atomic E-state index is 14.2. The summed E-state index contributed by atoms with van der Waals surface area (Å²) in [5, 5.41) is 33.6. The van der Waals surface area contributed by atoms with E-state index in [1.165, 1.54) is 12.8 Å². The van der Waals surface area contributed by atoms with Crippen LogP contribution >= 0.6 is 0 Å². The number of Topliss-reactive ketones (excluding diaryl/α,β-unsaturated/α-hetero) is 2. The van der Waals surface area contributed by atoms with E-state index in [0.717, 1.165) is 94.6 Å². The molecule has 2 saturated heterocycles. The number of carbonyl (C=O) groups is 5. The van der Waals surface area contributed by atoms with Crippen molar-refractivity contribution in [3.05, 3.63) is 47.6 Å². The van der Waals surface area contributed by atoms with Crippen LogP contribution in [0.4, 0.5) is 0 Å². The number of fused-ring (bicyclic) bond motifs is 14. The average Bonchev–Trinajstić information content (AvgIpc) is 4.09. The van der Waals surface area contributed by atoms with Crippen molar-refractivity contribution >= 4 is 29.1 Å². The van der Waals surface area contributed by atoms with Gasteiger partial charge in [0.05, 0.1) is 30.3 Å². The van der Waals surface area contributed by atoms with Crippen LogP contribution in [0.5, 0.6) is 0 Å². The fourth-order valence-corrected chi connectivity index (χ4v) is 19.0. The van der Waals surface area contributed by atoms with Crippen molar-refractivity contribution in [2.45, 2.75) is 205 Å².